The van der Waals surface area contributed by atoms with Crippen LogP contribution in [0.4, 0.5) is 0 Å². The van der Waals surface area contributed by atoms with E-state index in [1.165, 1.54) is 0 Å². The van der Waals surface area contributed by atoms with Crippen LogP contribution in [0.5, 0.6) is 5.75 Å². The number of aromatic amines is 2. The van der Waals surface area contributed by atoms with Gasteiger partial charge in [0.1, 0.15) is 17.3 Å². The van der Waals surface area contributed by atoms with Gasteiger partial charge in [-0.25, -0.2) is 4.98 Å². The van der Waals surface area contributed by atoms with Crippen LogP contribution in [0.2, 0.25) is 0 Å². The fraction of sp³-hybridized carbons (Fsp3) is 0.400. The zero-order valence-electron chi connectivity index (χ0n) is 19.6. The van der Waals surface area contributed by atoms with Gasteiger partial charge in [0.15, 0.2) is 0 Å². The normalized spacial score (nSPS) is 20.0. The van der Waals surface area contributed by atoms with Gasteiger partial charge in [0.25, 0.3) is 0 Å². The summed E-state index contributed by atoms with van der Waals surface area (Å²) in [5.74, 6) is 1.76. The van der Waals surface area contributed by atoms with E-state index in [1.54, 1.807) is 6.07 Å². The second kappa shape index (κ2) is 8.61. The number of aryl methyl sites for hydroxylation is 1. The third-order valence-electron chi connectivity index (χ3n) is 6.87. The van der Waals surface area contributed by atoms with Gasteiger partial charge in [0.05, 0.1) is 12.1 Å². The highest BCUT2D eigenvalue weighted by atomic mass is 16.3. The van der Waals surface area contributed by atoms with Crippen LogP contribution in [0.1, 0.15) is 32.2 Å². The first-order chi connectivity index (χ1) is 15.9. The van der Waals surface area contributed by atoms with Crippen molar-refractivity contribution >= 4 is 10.9 Å². The number of nitrogens with one attached hydrogen (secondary N) is 2. The molecule has 172 valence electrons. The van der Waals surface area contributed by atoms with Crippen molar-refractivity contribution in [3.8, 4) is 28.4 Å². The number of aromatic hydroxyl groups is 1. The number of rotatable bonds is 5. The molecule has 1 saturated heterocycles. The number of nitrogens with zero attached hydrogens (tertiary/aromatic N) is 5. The van der Waals surface area contributed by atoms with E-state index < -0.39 is 0 Å². The summed E-state index contributed by atoms with van der Waals surface area (Å²) in [6.45, 7) is 9.43. The first-order valence-electron chi connectivity index (χ1n) is 11.6. The second-order valence-corrected chi connectivity index (χ2v) is 9.20. The van der Waals surface area contributed by atoms with Crippen molar-refractivity contribution in [2.75, 3.05) is 20.1 Å². The third-order valence-corrected chi connectivity index (χ3v) is 6.87. The number of fused-ring (bicyclic) bond motifs is 1. The van der Waals surface area contributed by atoms with E-state index in [0.29, 0.717) is 23.7 Å². The molecule has 3 N–H and O–H groups in total. The maximum atomic E-state index is 9.82. The predicted molar refractivity (Wildman–Crippen MR) is 130 cm³/mol. The van der Waals surface area contributed by atoms with Crippen molar-refractivity contribution < 1.29 is 5.11 Å². The smallest absolute Gasteiger partial charge is 0.202 e. The Kier molecular flexibility index (Phi) is 5.64. The predicted octanol–water partition coefficient (Wildman–Crippen LogP) is 3.81. The Balaban J connectivity index is 1.40. The van der Waals surface area contributed by atoms with Crippen molar-refractivity contribution in [2.24, 2.45) is 0 Å². The van der Waals surface area contributed by atoms with E-state index in [0.717, 1.165) is 65.2 Å². The minimum absolute atomic E-state index is 0.293. The van der Waals surface area contributed by atoms with E-state index >= 15 is 0 Å². The first-order valence-corrected chi connectivity index (χ1v) is 11.6. The molecule has 0 aliphatic carbocycles. The molecule has 1 aliphatic rings. The Labute approximate surface area is 193 Å². The maximum Gasteiger partial charge on any atom is 0.202 e. The molecular formula is C25H31N7O. The van der Waals surface area contributed by atoms with Crippen LogP contribution in [0, 0.1) is 0 Å². The summed E-state index contributed by atoms with van der Waals surface area (Å²) in [4.78, 5) is 9.61. The zero-order valence-corrected chi connectivity index (χ0v) is 19.6. The summed E-state index contributed by atoms with van der Waals surface area (Å²) >= 11 is 0. The minimum atomic E-state index is 0.293. The van der Waals surface area contributed by atoms with Crippen LogP contribution in [-0.4, -0.2) is 72.5 Å². The number of hydrogen-bond acceptors (Lipinski definition) is 6. The monoisotopic (exact) mass is 445 g/mol. The Hall–Kier alpha value is -3.23. The number of aromatic nitrogens is 5. The molecule has 1 fully saturated rings. The molecular weight excluding hydrogens is 414 g/mol. The topological polar surface area (TPSA) is 97.0 Å². The number of likely N-dealkylation sites (N-methyl/N-ethyl adjacent to an activating group) is 1. The summed E-state index contributed by atoms with van der Waals surface area (Å²) in [7, 11) is 2.18. The molecule has 3 heterocycles. The van der Waals surface area contributed by atoms with Crippen molar-refractivity contribution in [3.05, 3.63) is 47.8 Å². The number of benzene rings is 2. The van der Waals surface area contributed by atoms with Gasteiger partial charge in [-0.2, -0.15) is 10.2 Å². The molecule has 0 unspecified atom stereocenters. The lowest BCUT2D eigenvalue weighted by molar-refractivity contribution is 0.0528. The summed E-state index contributed by atoms with van der Waals surface area (Å²) in [5.41, 5.74) is 5.00. The highest BCUT2D eigenvalue weighted by molar-refractivity contribution is 5.94. The van der Waals surface area contributed by atoms with Gasteiger partial charge in [0, 0.05) is 30.6 Å². The number of H-pyrrole nitrogens is 2. The average molecular weight is 446 g/mol. The lowest BCUT2D eigenvalue weighted by Gasteiger charge is -2.42. The fourth-order valence-corrected chi connectivity index (χ4v) is 4.77. The Morgan fingerprint density at radius 3 is 2.70 bits per heavy atom. The van der Waals surface area contributed by atoms with Crippen molar-refractivity contribution in [2.45, 2.75) is 45.8 Å². The maximum absolute atomic E-state index is 9.82. The van der Waals surface area contributed by atoms with Gasteiger partial charge in [-0.15, -0.1) is 0 Å². The lowest BCUT2D eigenvalue weighted by atomic mass is 9.97. The number of piperazine rings is 1. The van der Waals surface area contributed by atoms with E-state index in [-0.39, 0.29) is 0 Å². The summed E-state index contributed by atoms with van der Waals surface area (Å²) in [5, 5.41) is 26.1. The highest BCUT2D eigenvalue weighted by Gasteiger charge is 2.27. The molecule has 8 nitrogen and oxygen atoms in total. The van der Waals surface area contributed by atoms with Crippen LogP contribution in [0.25, 0.3) is 33.5 Å². The van der Waals surface area contributed by atoms with Crippen LogP contribution >= 0.6 is 0 Å². The fourth-order valence-electron chi connectivity index (χ4n) is 4.77. The van der Waals surface area contributed by atoms with Crippen molar-refractivity contribution in [3.63, 3.8) is 0 Å². The van der Waals surface area contributed by atoms with E-state index in [1.807, 2.05) is 12.1 Å². The number of hydrogen-bond donors (Lipinski definition) is 3. The molecule has 0 radical (unpaired) electrons. The van der Waals surface area contributed by atoms with Crippen LogP contribution in [0.15, 0.2) is 36.4 Å². The van der Waals surface area contributed by atoms with Gasteiger partial charge >= 0.3 is 0 Å². The molecule has 8 heteroatoms. The largest absolute Gasteiger partial charge is 0.508 e. The average Bonchev–Trinajstić information content (AvgIpc) is 3.43. The van der Waals surface area contributed by atoms with Gasteiger partial charge in [-0.1, -0.05) is 19.1 Å². The van der Waals surface area contributed by atoms with Gasteiger partial charge < -0.3 is 10.0 Å². The SMILES string of the molecule is CCc1cc(O)ccc1-c1ccc2c(-c3n[nH]c(CN4C[C@@H](C)N(C)C[C@@H]4C)n3)n[nH]c2c1. The van der Waals surface area contributed by atoms with Crippen LogP contribution in [-0.2, 0) is 13.0 Å². The molecule has 2 aromatic carbocycles. The first kappa shape index (κ1) is 21.6. The van der Waals surface area contributed by atoms with Gasteiger partial charge in [-0.05, 0) is 68.3 Å². The standard InChI is InChI=1S/C25H31N7O/c1-5-17-10-19(33)7-9-20(17)18-6-8-21-22(11-18)27-29-24(21)25-26-23(28-30-25)14-32-13-15(2)31(4)12-16(32)3/h6-11,15-16,33H,5,12-14H2,1-4H3,(H,27,29)(H,26,28,30)/t15-,16+/m1/s1. The number of phenols is 1. The Morgan fingerprint density at radius 2 is 1.88 bits per heavy atom. The summed E-state index contributed by atoms with van der Waals surface area (Å²) in [6.07, 6.45) is 0.848. The molecule has 1 aliphatic heterocycles. The third kappa shape index (κ3) is 4.12. The van der Waals surface area contributed by atoms with E-state index in [2.05, 4.69) is 76.2 Å². The van der Waals surface area contributed by atoms with Crippen molar-refractivity contribution in [1.82, 2.24) is 35.2 Å². The zero-order chi connectivity index (χ0) is 23.1. The lowest BCUT2D eigenvalue weighted by Crippen LogP contribution is -2.54. The molecule has 0 saturated carbocycles. The number of phenolic OH excluding ortho intramolecular Hbond substituents is 1. The Bertz CT molecular complexity index is 1280. The van der Waals surface area contributed by atoms with Crippen LogP contribution in [0.3, 0.4) is 0 Å². The molecule has 33 heavy (non-hydrogen) atoms. The van der Waals surface area contributed by atoms with Gasteiger partial charge in [-0.3, -0.25) is 15.1 Å². The molecule has 0 spiro atoms. The summed E-state index contributed by atoms with van der Waals surface area (Å²) in [6, 6.07) is 12.8. The highest BCUT2D eigenvalue weighted by Crippen LogP contribution is 2.32. The molecule has 4 aromatic rings. The van der Waals surface area contributed by atoms with E-state index in [9.17, 15) is 5.11 Å². The molecule has 2 atom stereocenters. The molecule has 2 aromatic heterocycles. The quantitative estimate of drug-likeness (QED) is 0.432. The van der Waals surface area contributed by atoms with E-state index in [4.69, 9.17) is 4.98 Å². The second-order valence-electron chi connectivity index (χ2n) is 9.20. The Morgan fingerprint density at radius 1 is 1.03 bits per heavy atom. The minimum Gasteiger partial charge on any atom is -0.508 e. The van der Waals surface area contributed by atoms with Gasteiger partial charge in [0.2, 0.25) is 5.82 Å². The molecule has 0 amide bonds. The molecule has 0 bridgehead atoms. The molecule has 5 rings (SSSR count). The van der Waals surface area contributed by atoms with Crippen molar-refractivity contribution in [1.29, 1.82) is 0 Å². The summed E-state index contributed by atoms with van der Waals surface area (Å²) < 4.78 is 0. The van der Waals surface area contributed by atoms with Crippen LogP contribution < -0.4 is 0 Å².